The highest BCUT2D eigenvalue weighted by Gasteiger charge is 2.16. The molecule has 0 bridgehead atoms. The van der Waals surface area contributed by atoms with E-state index < -0.39 is 0 Å². The summed E-state index contributed by atoms with van der Waals surface area (Å²) in [4.78, 5) is 9.44. The van der Waals surface area contributed by atoms with Crippen molar-refractivity contribution < 1.29 is 9.47 Å². The first-order valence-electron chi connectivity index (χ1n) is 11.3. The predicted molar refractivity (Wildman–Crippen MR) is 139 cm³/mol. The van der Waals surface area contributed by atoms with Gasteiger partial charge in [-0.1, -0.05) is 30.3 Å². The van der Waals surface area contributed by atoms with Crippen LogP contribution in [0.2, 0.25) is 0 Å². The van der Waals surface area contributed by atoms with Gasteiger partial charge in [0.15, 0.2) is 5.96 Å². The molecule has 0 aliphatic carbocycles. The number of nitrogens with one attached hydrogen (secondary N) is 2. The molecule has 8 heteroatoms. The van der Waals surface area contributed by atoms with Crippen molar-refractivity contribution >= 4 is 29.9 Å². The van der Waals surface area contributed by atoms with Gasteiger partial charge in [-0.15, -0.1) is 24.0 Å². The molecule has 1 fully saturated rings. The molecule has 0 radical (unpaired) electrons. The van der Waals surface area contributed by atoms with Crippen LogP contribution < -0.4 is 10.6 Å². The topological polar surface area (TPSA) is 61.4 Å². The summed E-state index contributed by atoms with van der Waals surface area (Å²) in [5.41, 5.74) is 1.41. The van der Waals surface area contributed by atoms with Crippen LogP contribution in [0.25, 0.3) is 0 Å². The van der Waals surface area contributed by atoms with E-state index in [0.717, 1.165) is 45.0 Å². The van der Waals surface area contributed by atoms with Gasteiger partial charge in [0, 0.05) is 66.6 Å². The van der Waals surface area contributed by atoms with Crippen molar-refractivity contribution in [3.05, 3.63) is 35.9 Å². The van der Waals surface area contributed by atoms with Gasteiger partial charge in [0.25, 0.3) is 0 Å². The molecule has 178 valence electrons. The number of aliphatic imine (C=N–C) groups is 1. The molecule has 0 atom stereocenters. The molecule has 2 N–H and O–H groups in total. The third-order valence-corrected chi connectivity index (χ3v) is 5.32. The van der Waals surface area contributed by atoms with Crippen LogP contribution in [-0.4, -0.2) is 95.6 Å². The molecule has 0 unspecified atom stereocenters. The lowest BCUT2D eigenvalue weighted by molar-refractivity contribution is 0.0698. The first-order chi connectivity index (χ1) is 14.8. The smallest absolute Gasteiger partial charge is 0.190 e. The molecule has 0 spiro atoms. The second kappa shape index (κ2) is 18.6. The highest BCUT2D eigenvalue weighted by molar-refractivity contribution is 14.0. The number of hydrogen-bond acceptors (Lipinski definition) is 5. The average Bonchev–Trinajstić information content (AvgIpc) is 2.78. The normalized spacial score (nSPS) is 15.5. The Morgan fingerprint density at radius 3 is 2.26 bits per heavy atom. The van der Waals surface area contributed by atoms with Crippen molar-refractivity contribution in [2.75, 3.05) is 79.8 Å². The maximum Gasteiger partial charge on any atom is 0.190 e. The number of nitrogens with zero attached hydrogens (tertiary/aromatic N) is 3. The minimum absolute atomic E-state index is 0. The number of rotatable bonds is 14. The summed E-state index contributed by atoms with van der Waals surface area (Å²) in [6.45, 7) is 10.8. The van der Waals surface area contributed by atoms with Gasteiger partial charge in [0.2, 0.25) is 0 Å². The van der Waals surface area contributed by atoms with Crippen LogP contribution in [0.15, 0.2) is 35.3 Å². The van der Waals surface area contributed by atoms with Gasteiger partial charge in [0.1, 0.15) is 0 Å². The van der Waals surface area contributed by atoms with Gasteiger partial charge in [-0.2, -0.15) is 0 Å². The van der Waals surface area contributed by atoms with Crippen molar-refractivity contribution in [1.82, 2.24) is 20.4 Å². The van der Waals surface area contributed by atoms with Crippen LogP contribution in [0.4, 0.5) is 0 Å². The van der Waals surface area contributed by atoms with Crippen molar-refractivity contribution in [2.45, 2.75) is 25.8 Å². The second-order valence-corrected chi connectivity index (χ2v) is 7.69. The monoisotopic (exact) mass is 547 g/mol. The largest absolute Gasteiger partial charge is 0.382 e. The summed E-state index contributed by atoms with van der Waals surface area (Å²) in [7, 11) is 3.51. The maximum atomic E-state index is 5.46. The molecule has 1 aromatic carbocycles. The average molecular weight is 548 g/mol. The predicted octanol–water partition coefficient (Wildman–Crippen LogP) is 2.42. The Morgan fingerprint density at radius 2 is 1.58 bits per heavy atom. The fourth-order valence-electron chi connectivity index (χ4n) is 3.53. The summed E-state index contributed by atoms with van der Waals surface area (Å²) < 4.78 is 10.4. The maximum absolute atomic E-state index is 5.46. The van der Waals surface area contributed by atoms with Crippen LogP contribution in [0.3, 0.4) is 0 Å². The fraction of sp³-hybridized carbons (Fsp3) is 0.696. The molecule has 0 saturated carbocycles. The molecule has 0 aromatic heterocycles. The molecule has 1 aliphatic rings. The second-order valence-electron chi connectivity index (χ2n) is 7.69. The number of ether oxygens (including phenoxy) is 2. The standard InChI is InChI=1S/C23H41N5O2.HI/c1-24-23(26-12-8-18-30-20-19-29-2)25-11-6-7-13-27-14-16-28(17-15-27)21-22-9-4-3-5-10-22;/h3-5,9-10H,6-8,11-21H2,1-2H3,(H2,24,25,26);1H. The number of piperazine rings is 1. The van der Waals surface area contributed by atoms with Gasteiger partial charge in [0.05, 0.1) is 13.2 Å². The Labute approximate surface area is 206 Å². The zero-order valence-electron chi connectivity index (χ0n) is 19.4. The lowest BCUT2D eigenvalue weighted by atomic mass is 10.2. The fourth-order valence-corrected chi connectivity index (χ4v) is 3.53. The molecule has 1 saturated heterocycles. The van der Waals surface area contributed by atoms with Gasteiger partial charge in [-0.25, -0.2) is 0 Å². The van der Waals surface area contributed by atoms with Crippen molar-refractivity contribution in [3.63, 3.8) is 0 Å². The van der Waals surface area contributed by atoms with Crippen LogP contribution >= 0.6 is 24.0 Å². The lowest BCUT2D eigenvalue weighted by Crippen LogP contribution is -2.46. The van der Waals surface area contributed by atoms with E-state index in [9.17, 15) is 0 Å². The number of halogens is 1. The van der Waals surface area contributed by atoms with Crippen LogP contribution in [0.5, 0.6) is 0 Å². The van der Waals surface area contributed by atoms with Crippen molar-refractivity contribution in [1.29, 1.82) is 0 Å². The molecule has 31 heavy (non-hydrogen) atoms. The zero-order valence-corrected chi connectivity index (χ0v) is 21.7. The van der Waals surface area contributed by atoms with Gasteiger partial charge in [-0.05, 0) is 31.4 Å². The Balaban J connectivity index is 0.00000480. The highest BCUT2D eigenvalue weighted by Crippen LogP contribution is 2.08. The van der Waals surface area contributed by atoms with E-state index in [1.54, 1.807) is 7.11 Å². The third-order valence-electron chi connectivity index (χ3n) is 5.32. The molecular formula is C23H42IN5O2. The van der Waals surface area contributed by atoms with Crippen molar-refractivity contribution in [3.8, 4) is 0 Å². The number of benzene rings is 1. The van der Waals surface area contributed by atoms with E-state index in [2.05, 4.69) is 55.8 Å². The number of unbranched alkanes of at least 4 members (excludes halogenated alkanes) is 1. The number of guanidine groups is 1. The minimum atomic E-state index is 0. The first kappa shape index (κ1) is 28.1. The van der Waals surface area contributed by atoms with E-state index >= 15 is 0 Å². The molecule has 7 nitrogen and oxygen atoms in total. The quantitative estimate of drug-likeness (QED) is 0.162. The third kappa shape index (κ3) is 13.3. The number of methoxy groups -OCH3 is 1. The van der Waals surface area contributed by atoms with E-state index in [1.807, 2.05) is 7.05 Å². The van der Waals surface area contributed by atoms with Crippen molar-refractivity contribution in [2.24, 2.45) is 4.99 Å². The van der Waals surface area contributed by atoms with E-state index in [4.69, 9.17) is 9.47 Å². The summed E-state index contributed by atoms with van der Waals surface area (Å²) in [5.74, 6) is 0.876. The van der Waals surface area contributed by atoms with Gasteiger partial charge >= 0.3 is 0 Å². The Morgan fingerprint density at radius 1 is 0.903 bits per heavy atom. The Kier molecular flexibility index (Phi) is 16.9. The summed E-state index contributed by atoms with van der Waals surface area (Å²) >= 11 is 0. The van der Waals surface area contributed by atoms with E-state index in [-0.39, 0.29) is 24.0 Å². The first-order valence-corrected chi connectivity index (χ1v) is 11.3. The molecular weight excluding hydrogens is 505 g/mol. The van der Waals surface area contributed by atoms with Gasteiger partial charge in [-0.3, -0.25) is 9.89 Å². The molecule has 1 aromatic rings. The summed E-state index contributed by atoms with van der Waals surface area (Å²) in [6.07, 6.45) is 3.34. The SMILES string of the molecule is CN=C(NCCCCN1CCN(Cc2ccccc2)CC1)NCCCOCCOC.I. The van der Waals surface area contributed by atoms with E-state index in [0.29, 0.717) is 13.2 Å². The molecule has 2 rings (SSSR count). The number of hydrogen-bond donors (Lipinski definition) is 2. The molecule has 0 amide bonds. The minimum Gasteiger partial charge on any atom is -0.382 e. The zero-order chi connectivity index (χ0) is 21.3. The van der Waals surface area contributed by atoms with Crippen LogP contribution in [0.1, 0.15) is 24.8 Å². The van der Waals surface area contributed by atoms with Crippen LogP contribution in [-0.2, 0) is 16.0 Å². The molecule has 1 aliphatic heterocycles. The van der Waals surface area contributed by atoms with Crippen LogP contribution in [0, 0.1) is 0 Å². The van der Waals surface area contributed by atoms with E-state index in [1.165, 1.54) is 44.7 Å². The Hall–Kier alpha value is -0.940. The summed E-state index contributed by atoms with van der Waals surface area (Å²) in [5, 5.41) is 6.74. The Bertz CT molecular complexity index is 568. The molecule has 1 heterocycles. The lowest BCUT2D eigenvalue weighted by Gasteiger charge is -2.34. The van der Waals surface area contributed by atoms with Gasteiger partial charge < -0.3 is 25.0 Å². The highest BCUT2D eigenvalue weighted by atomic mass is 127. The summed E-state index contributed by atoms with van der Waals surface area (Å²) in [6, 6.07) is 10.8.